The number of aromatic amines is 1. The second-order valence-electron chi connectivity index (χ2n) is 3.36. The Hall–Kier alpha value is -0.970. The molecular weight excluding hydrogens is 195 g/mol. The lowest BCUT2D eigenvalue weighted by Crippen LogP contribution is -2.21. The summed E-state index contributed by atoms with van der Waals surface area (Å²) in [7, 11) is 0. The van der Waals surface area contributed by atoms with E-state index in [1.54, 1.807) is 20.8 Å². The molecule has 1 aromatic rings. The number of alkyl halides is 3. The average molecular weight is 207 g/mol. The van der Waals surface area contributed by atoms with Crippen LogP contribution < -0.4 is 0 Å². The minimum atomic E-state index is -4.62. The SMILES string of the molecule is Cc1[nH]c(C(O)C(F)(F)F)c(C)c1C. The minimum Gasteiger partial charge on any atom is -0.378 e. The van der Waals surface area contributed by atoms with Crippen LogP contribution in [-0.2, 0) is 0 Å². The van der Waals surface area contributed by atoms with Crippen LogP contribution in [0.1, 0.15) is 28.6 Å². The molecule has 0 saturated heterocycles. The Balaban J connectivity index is 3.14. The van der Waals surface area contributed by atoms with Crippen molar-refractivity contribution in [3.8, 4) is 0 Å². The maximum absolute atomic E-state index is 12.2. The lowest BCUT2D eigenvalue weighted by molar-refractivity contribution is -0.208. The molecule has 1 heterocycles. The zero-order valence-electron chi connectivity index (χ0n) is 8.16. The van der Waals surface area contributed by atoms with E-state index >= 15 is 0 Å². The van der Waals surface area contributed by atoms with Gasteiger partial charge in [-0.3, -0.25) is 0 Å². The Bertz CT molecular complexity index is 341. The molecule has 2 N–H and O–H groups in total. The molecular formula is C9H12F3NO. The summed E-state index contributed by atoms with van der Waals surface area (Å²) >= 11 is 0. The largest absolute Gasteiger partial charge is 0.420 e. The third kappa shape index (κ3) is 1.77. The number of hydrogen-bond donors (Lipinski definition) is 2. The summed E-state index contributed by atoms with van der Waals surface area (Å²) in [6, 6.07) is 0. The summed E-state index contributed by atoms with van der Waals surface area (Å²) < 4.78 is 36.6. The van der Waals surface area contributed by atoms with Gasteiger partial charge in [0.2, 0.25) is 0 Å². The molecule has 0 amide bonds. The van der Waals surface area contributed by atoms with Crippen LogP contribution in [0.15, 0.2) is 0 Å². The molecule has 14 heavy (non-hydrogen) atoms. The molecule has 0 aliphatic carbocycles. The highest BCUT2D eigenvalue weighted by Gasteiger charge is 2.41. The van der Waals surface area contributed by atoms with E-state index in [2.05, 4.69) is 4.98 Å². The number of aromatic nitrogens is 1. The molecule has 0 saturated carbocycles. The van der Waals surface area contributed by atoms with Crippen molar-refractivity contribution in [3.63, 3.8) is 0 Å². The average Bonchev–Trinajstić information content (AvgIpc) is 2.30. The number of hydrogen-bond acceptors (Lipinski definition) is 1. The molecule has 0 aromatic carbocycles. The first-order valence-electron chi connectivity index (χ1n) is 4.15. The molecule has 5 heteroatoms. The van der Waals surface area contributed by atoms with Crippen LogP contribution in [0.3, 0.4) is 0 Å². The number of rotatable bonds is 1. The van der Waals surface area contributed by atoms with Crippen molar-refractivity contribution in [1.82, 2.24) is 4.98 Å². The van der Waals surface area contributed by atoms with Crippen molar-refractivity contribution in [2.24, 2.45) is 0 Å². The fourth-order valence-corrected chi connectivity index (χ4v) is 1.31. The fraction of sp³-hybridized carbons (Fsp3) is 0.556. The number of H-pyrrole nitrogens is 1. The van der Waals surface area contributed by atoms with Crippen LogP contribution in [0.2, 0.25) is 0 Å². The van der Waals surface area contributed by atoms with Crippen molar-refractivity contribution < 1.29 is 18.3 Å². The maximum atomic E-state index is 12.2. The number of aliphatic hydroxyl groups excluding tert-OH is 1. The van der Waals surface area contributed by atoms with Gasteiger partial charge >= 0.3 is 6.18 Å². The number of nitrogens with one attached hydrogen (secondary N) is 1. The van der Waals surface area contributed by atoms with Crippen LogP contribution in [0.4, 0.5) is 13.2 Å². The highest BCUT2D eigenvalue weighted by molar-refractivity contribution is 5.35. The van der Waals surface area contributed by atoms with Gasteiger partial charge < -0.3 is 10.1 Å². The van der Waals surface area contributed by atoms with E-state index in [0.717, 1.165) is 5.56 Å². The first-order valence-corrected chi connectivity index (χ1v) is 4.15. The van der Waals surface area contributed by atoms with E-state index in [9.17, 15) is 13.2 Å². The van der Waals surface area contributed by atoms with Crippen LogP contribution in [-0.4, -0.2) is 16.3 Å². The zero-order valence-corrected chi connectivity index (χ0v) is 8.16. The van der Waals surface area contributed by atoms with Crippen molar-refractivity contribution >= 4 is 0 Å². The van der Waals surface area contributed by atoms with Crippen molar-refractivity contribution in [1.29, 1.82) is 0 Å². The summed E-state index contributed by atoms with van der Waals surface area (Å²) in [6.45, 7) is 4.95. The Morgan fingerprint density at radius 2 is 1.64 bits per heavy atom. The van der Waals surface area contributed by atoms with E-state index in [4.69, 9.17) is 5.11 Å². The second-order valence-corrected chi connectivity index (χ2v) is 3.36. The Morgan fingerprint density at radius 1 is 1.14 bits per heavy atom. The molecule has 1 atom stereocenters. The summed E-state index contributed by atoms with van der Waals surface area (Å²) in [5.74, 6) is 0. The zero-order chi connectivity index (χ0) is 11.1. The van der Waals surface area contributed by atoms with Gasteiger partial charge in [0, 0.05) is 5.69 Å². The Kier molecular flexibility index (Phi) is 2.63. The van der Waals surface area contributed by atoms with Crippen LogP contribution in [0.25, 0.3) is 0 Å². The maximum Gasteiger partial charge on any atom is 0.420 e. The molecule has 0 radical (unpaired) electrons. The summed E-state index contributed by atoms with van der Waals surface area (Å²) in [5, 5.41) is 9.02. The van der Waals surface area contributed by atoms with Gasteiger partial charge in [-0.1, -0.05) is 0 Å². The molecule has 0 aliphatic rings. The predicted molar refractivity (Wildman–Crippen MR) is 46.0 cm³/mol. The van der Waals surface area contributed by atoms with E-state index in [1.807, 2.05) is 0 Å². The molecule has 80 valence electrons. The van der Waals surface area contributed by atoms with Crippen LogP contribution >= 0.6 is 0 Å². The molecule has 0 fully saturated rings. The predicted octanol–water partition coefficient (Wildman–Crippen LogP) is 2.54. The standard InChI is InChI=1S/C9H12F3NO/c1-4-5(2)7(13-6(4)3)8(14)9(10,11)12/h8,13-14H,1-3H3. The number of aryl methyl sites for hydroxylation is 1. The third-order valence-corrected chi connectivity index (χ3v) is 2.43. The highest BCUT2D eigenvalue weighted by Crippen LogP contribution is 2.34. The molecule has 0 spiro atoms. The highest BCUT2D eigenvalue weighted by atomic mass is 19.4. The Morgan fingerprint density at radius 3 is 1.93 bits per heavy atom. The quantitative estimate of drug-likeness (QED) is 0.729. The van der Waals surface area contributed by atoms with Crippen LogP contribution in [0.5, 0.6) is 0 Å². The van der Waals surface area contributed by atoms with E-state index in [0.29, 0.717) is 11.3 Å². The lowest BCUT2D eigenvalue weighted by atomic mass is 10.1. The molecule has 2 nitrogen and oxygen atoms in total. The van der Waals surface area contributed by atoms with Crippen molar-refractivity contribution in [3.05, 3.63) is 22.5 Å². The second kappa shape index (κ2) is 3.31. The van der Waals surface area contributed by atoms with Crippen LogP contribution in [0, 0.1) is 20.8 Å². The minimum absolute atomic E-state index is 0.160. The van der Waals surface area contributed by atoms with Gasteiger partial charge in [0.15, 0.2) is 6.10 Å². The van der Waals surface area contributed by atoms with Crippen molar-refractivity contribution in [2.45, 2.75) is 33.1 Å². The van der Waals surface area contributed by atoms with Gasteiger partial charge in [-0.25, -0.2) is 0 Å². The smallest absolute Gasteiger partial charge is 0.378 e. The molecule has 1 unspecified atom stereocenters. The van der Waals surface area contributed by atoms with Gasteiger partial charge in [-0.05, 0) is 31.9 Å². The fourth-order valence-electron chi connectivity index (χ4n) is 1.31. The van der Waals surface area contributed by atoms with E-state index in [1.165, 1.54) is 0 Å². The monoisotopic (exact) mass is 207 g/mol. The van der Waals surface area contributed by atoms with Gasteiger partial charge in [-0.2, -0.15) is 13.2 Å². The van der Waals surface area contributed by atoms with Gasteiger partial charge in [0.05, 0.1) is 5.69 Å². The first-order chi connectivity index (χ1) is 6.25. The lowest BCUT2D eigenvalue weighted by Gasteiger charge is -2.14. The van der Waals surface area contributed by atoms with E-state index < -0.39 is 12.3 Å². The molecule has 0 aliphatic heterocycles. The molecule has 1 aromatic heterocycles. The summed E-state index contributed by atoms with van der Waals surface area (Å²) in [6.07, 6.45) is -7.04. The number of aliphatic hydroxyl groups is 1. The van der Waals surface area contributed by atoms with Gasteiger partial charge in [0.1, 0.15) is 0 Å². The van der Waals surface area contributed by atoms with E-state index in [-0.39, 0.29) is 5.69 Å². The first kappa shape index (κ1) is 11.1. The summed E-state index contributed by atoms with van der Waals surface area (Å²) in [4.78, 5) is 2.55. The third-order valence-electron chi connectivity index (χ3n) is 2.43. The van der Waals surface area contributed by atoms with Gasteiger partial charge in [0.25, 0.3) is 0 Å². The normalized spacial score (nSPS) is 14.5. The Labute approximate surface area is 79.8 Å². The summed E-state index contributed by atoms with van der Waals surface area (Å²) in [5.41, 5.74) is 1.71. The topological polar surface area (TPSA) is 36.0 Å². The van der Waals surface area contributed by atoms with Gasteiger partial charge in [-0.15, -0.1) is 0 Å². The number of halogens is 3. The molecule has 1 rings (SSSR count). The van der Waals surface area contributed by atoms with Crippen molar-refractivity contribution in [2.75, 3.05) is 0 Å². The molecule has 0 bridgehead atoms.